The van der Waals surface area contributed by atoms with E-state index in [0.717, 1.165) is 12.8 Å². The fourth-order valence-corrected chi connectivity index (χ4v) is 2.73. The molecule has 0 unspecified atom stereocenters. The fourth-order valence-electron chi connectivity index (χ4n) is 2.73. The van der Waals surface area contributed by atoms with Crippen LogP contribution in [0, 0.1) is 0 Å². The zero-order valence-corrected chi connectivity index (χ0v) is 15.9. The van der Waals surface area contributed by atoms with Crippen LogP contribution >= 0.6 is 0 Å². The smallest absolute Gasteiger partial charge is 0.111 e. The third-order valence-electron chi connectivity index (χ3n) is 4.51. The van der Waals surface area contributed by atoms with Crippen molar-refractivity contribution < 1.29 is 30.3 Å². The molecule has 0 aliphatic heterocycles. The maximum absolute atomic E-state index is 9.68. The van der Waals surface area contributed by atoms with Crippen molar-refractivity contribution in [2.45, 2.75) is 102 Å². The van der Waals surface area contributed by atoms with Crippen LogP contribution in [-0.2, 0) is 4.74 Å². The molecule has 152 valence electrons. The molecule has 6 nitrogen and oxygen atoms in total. The highest BCUT2D eigenvalue weighted by Crippen LogP contribution is 2.11. The lowest BCUT2D eigenvalue weighted by Crippen LogP contribution is -2.47. The summed E-state index contributed by atoms with van der Waals surface area (Å²) in [5, 5.41) is 46.7. The van der Waals surface area contributed by atoms with Gasteiger partial charge >= 0.3 is 0 Å². The molecule has 0 rings (SSSR count). The minimum Gasteiger partial charge on any atom is -0.394 e. The van der Waals surface area contributed by atoms with Gasteiger partial charge in [0.2, 0.25) is 0 Å². The summed E-state index contributed by atoms with van der Waals surface area (Å²) in [6, 6.07) is 0. The number of hydrogen-bond acceptors (Lipinski definition) is 6. The number of aliphatic hydroxyl groups excluding tert-OH is 5. The monoisotopic (exact) mass is 364 g/mol. The Morgan fingerprint density at radius 2 is 1.08 bits per heavy atom. The molecular weight excluding hydrogens is 324 g/mol. The Kier molecular flexibility index (Phi) is 17.0. The van der Waals surface area contributed by atoms with Gasteiger partial charge in [0.25, 0.3) is 0 Å². The van der Waals surface area contributed by atoms with Gasteiger partial charge in [-0.3, -0.25) is 0 Å². The van der Waals surface area contributed by atoms with Gasteiger partial charge in [0, 0.05) is 6.61 Å². The number of hydrogen-bond donors (Lipinski definition) is 5. The molecule has 0 aromatic heterocycles. The lowest BCUT2D eigenvalue weighted by Gasteiger charge is -2.25. The molecule has 0 spiro atoms. The quantitative estimate of drug-likeness (QED) is 0.237. The van der Waals surface area contributed by atoms with E-state index < -0.39 is 31.0 Å². The summed E-state index contributed by atoms with van der Waals surface area (Å²) in [5.74, 6) is 0. The molecule has 0 radical (unpaired) electrons. The van der Waals surface area contributed by atoms with Crippen LogP contribution in [0.25, 0.3) is 0 Å². The molecule has 25 heavy (non-hydrogen) atoms. The van der Waals surface area contributed by atoms with Crippen LogP contribution in [0.5, 0.6) is 0 Å². The van der Waals surface area contributed by atoms with E-state index in [9.17, 15) is 20.4 Å². The second kappa shape index (κ2) is 17.2. The summed E-state index contributed by atoms with van der Waals surface area (Å²) in [6.07, 6.45) is 7.87. The molecule has 0 bridgehead atoms. The maximum Gasteiger partial charge on any atom is 0.111 e. The minimum atomic E-state index is -1.59. The van der Waals surface area contributed by atoms with E-state index >= 15 is 0 Å². The fraction of sp³-hybridized carbons (Fsp3) is 1.00. The first kappa shape index (κ1) is 24.8. The number of rotatable bonds is 18. The van der Waals surface area contributed by atoms with Gasteiger partial charge in [0.15, 0.2) is 0 Å². The molecule has 6 heteroatoms. The van der Waals surface area contributed by atoms with Gasteiger partial charge in [-0.1, -0.05) is 71.1 Å². The zero-order chi connectivity index (χ0) is 18.9. The molecule has 0 heterocycles. The molecule has 0 amide bonds. The lowest BCUT2D eigenvalue weighted by molar-refractivity contribution is -0.129. The first-order valence-corrected chi connectivity index (χ1v) is 9.95. The van der Waals surface area contributed by atoms with Crippen LogP contribution in [0.15, 0.2) is 0 Å². The number of aliphatic hydroxyl groups is 5. The van der Waals surface area contributed by atoms with E-state index in [-0.39, 0.29) is 6.61 Å². The average molecular weight is 365 g/mol. The Labute approximate surface area is 152 Å². The van der Waals surface area contributed by atoms with Crippen LogP contribution in [0.4, 0.5) is 0 Å². The Balaban J connectivity index is 3.40. The topological polar surface area (TPSA) is 110 Å². The zero-order valence-electron chi connectivity index (χ0n) is 15.9. The molecule has 4 atom stereocenters. The van der Waals surface area contributed by atoms with E-state index in [4.69, 9.17) is 9.84 Å². The van der Waals surface area contributed by atoms with Crippen molar-refractivity contribution in [2.75, 3.05) is 19.8 Å². The van der Waals surface area contributed by atoms with Gasteiger partial charge in [0.1, 0.15) is 24.4 Å². The third kappa shape index (κ3) is 13.6. The van der Waals surface area contributed by atoms with Crippen molar-refractivity contribution in [1.82, 2.24) is 0 Å². The van der Waals surface area contributed by atoms with Crippen LogP contribution in [0.1, 0.15) is 77.6 Å². The summed E-state index contributed by atoms with van der Waals surface area (Å²) in [7, 11) is 0. The van der Waals surface area contributed by atoms with Crippen LogP contribution in [0.2, 0.25) is 0 Å². The van der Waals surface area contributed by atoms with E-state index in [1.54, 1.807) is 0 Å². The number of ether oxygens (including phenoxy) is 1. The summed E-state index contributed by atoms with van der Waals surface area (Å²) in [5.41, 5.74) is 0. The summed E-state index contributed by atoms with van der Waals surface area (Å²) >= 11 is 0. The molecule has 0 aromatic carbocycles. The molecule has 0 saturated carbocycles. The highest BCUT2D eigenvalue weighted by molar-refractivity contribution is 4.80. The second-order valence-electron chi connectivity index (χ2n) is 6.91. The van der Waals surface area contributed by atoms with Crippen molar-refractivity contribution in [1.29, 1.82) is 0 Å². The highest BCUT2D eigenvalue weighted by atomic mass is 16.5. The van der Waals surface area contributed by atoms with E-state index in [1.807, 2.05) is 0 Å². The molecule has 0 aromatic rings. The van der Waals surface area contributed by atoms with Crippen molar-refractivity contribution in [3.05, 3.63) is 0 Å². The van der Waals surface area contributed by atoms with Crippen molar-refractivity contribution in [3.63, 3.8) is 0 Å². The first-order valence-electron chi connectivity index (χ1n) is 9.95. The molecule has 0 aliphatic carbocycles. The molecule has 0 saturated heterocycles. The van der Waals surface area contributed by atoms with E-state index in [0.29, 0.717) is 6.61 Å². The Morgan fingerprint density at radius 3 is 1.56 bits per heavy atom. The Morgan fingerprint density at radius 1 is 0.640 bits per heavy atom. The van der Waals surface area contributed by atoms with Crippen LogP contribution in [0.3, 0.4) is 0 Å². The minimum absolute atomic E-state index is 0.103. The number of unbranched alkanes of at least 4 members (excludes halogenated alkanes) is 10. The summed E-state index contributed by atoms with van der Waals surface area (Å²) < 4.78 is 5.30. The van der Waals surface area contributed by atoms with Gasteiger partial charge in [-0.2, -0.15) is 0 Å². The SMILES string of the molecule is CCCCCCCCCCCCCOC[C@@H](O)[C@H](O)[C@H](O)[C@@H](O)CO. The predicted molar refractivity (Wildman–Crippen MR) is 98.4 cm³/mol. The normalized spacial score (nSPS) is 16.6. The standard InChI is InChI=1S/C19H40O6/c1-2-3-4-5-6-7-8-9-10-11-12-13-25-15-17(22)19(24)18(23)16(21)14-20/h16-24H,2-15H2,1H3/t16-,17+,18+,19-/m0/s1. The first-order chi connectivity index (χ1) is 12.0. The van der Waals surface area contributed by atoms with Gasteiger partial charge < -0.3 is 30.3 Å². The van der Waals surface area contributed by atoms with E-state index in [2.05, 4.69) is 6.92 Å². The second-order valence-corrected chi connectivity index (χ2v) is 6.91. The van der Waals surface area contributed by atoms with Crippen LogP contribution in [-0.4, -0.2) is 69.8 Å². The molecule has 5 N–H and O–H groups in total. The molecule has 0 aliphatic rings. The molecular formula is C19H40O6. The average Bonchev–Trinajstić information content (AvgIpc) is 2.63. The van der Waals surface area contributed by atoms with E-state index in [1.165, 1.54) is 57.8 Å². The van der Waals surface area contributed by atoms with Gasteiger partial charge in [-0.05, 0) is 6.42 Å². The molecule has 0 fully saturated rings. The van der Waals surface area contributed by atoms with Gasteiger partial charge in [-0.15, -0.1) is 0 Å². The largest absolute Gasteiger partial charge is 0.394 e. The summed E-state index contributed by atoms with van der Waals surface area (Å²) in [4.78, 5) is 0. The van der Waals surface area contributed by atoms with Crippen molar-refractivity contribution in [2.24, 2.45) is 0 Å². The maximum atomic E-state index is 9.68. The van der Waals surface area contributed by atoms with Crippen molar-refractivity contribution in [3.8, 4) is 0 Å². The van der Waals surface area contributed by atoms with Crippen LogP contribution < -0.4 is 0 Å². The third-order valence-corrected chi connectivity index (χ3v) is 4.51. The Hall–Kier alpha value is -0.240. The highest BCUT2D eigenvalue weighted by Gasteiger charge is 2.29. The summed E-state index contributed by atoms with van der Waals surface area (Å²) in [6.45, 7) is 1.95. The van der Waals surface area contributed by atoms with Crippen molar-refractivity contribution >= 4 is 0 Å². The van der Waals surface area contributed by atoms with Gasteiger partial charge in [-0.25, -0.2) is 0 Å². The Bertz CT molecular complexity index is 277. The predicted octanol–water partition coefficient (Wildman–Crippen LogP) is 1.75. The lowest BCUT2D eigenvalue weighted by atomic mass is 10.0. The van der Waals surface area contributed by atoms with Gasteiger partial charge in [0.05, 0.1) is 13.2 Å².